The number of ether oxygens (including phenoxy) is 2. The lowest BCUT2D eigenvalue weighted by molar-refractivity contribution is -0.192. The summed E-state index contributed by atoms with van der Waals surface area (Å²) in [4.78, 5) is 13.9. The maximum Gasteiger partial charge on any atom is 0.490 e. The Labute approximate surface area is 201 Å². The summed E-state index contributed by atoms with van der Waals surface area (Å²) in [5.74, 6) is -0.153. The van der Waals surface area contributed by atoms with Crippen LogP contribution in [-0.2, 0) is 11.2 Å². The van der Waals surface area contributed by atoms with Gasteiger partial charge in [-0.05, 0) is 29.3 Å². The lowest BCUT2D eigenvalue weighted by Gasteiger charge is -2.19. The van der Waals surface area contributed by atoms with E-state index in [1.54, 1.807) is 14.2 Å². The fraction of sp³-hybridized carbons (Fsp3) is 0.231. The molecule has 0 fully saturated rings. The number of nitrogens with zero attached hydrogens (tertiary/aromatic N) is 1. The molecule has 0 spiro atoms. The minimum Gasteiger partial charge on any atom is -0.497 e. The molecule has 0 bridgehead atoms. The molecule has 3 aromatic carbocycles. The van der Waals surface area contributed by atoms with Gasteiger partial charge in [0, 0.05) is 12.0 Å². The zero-order valence-corrected chi connectivity index (χ0v) is 19.1. The highest BCUT2D eigenvalue weighted by Crippen LogP contribution is 2.37. The summed E-state index contributed by atoms with van der Waals surface area (Å²) in [6, 6.07) is 26.9. The number of benzene rings is 3. The number of halogens is 3. The number of aliphatic imine (C=N–C) groups is 1. The standard InChI is InChI=1S/C24H24N2O2.C2HF3O2/c1-27-20-13-14-21(28-2)19(15-20)16-22-25-23(17-9-5-3-6-10-17)24(26-22)18-11-7-4-8-12-18;3-2(4,5)1(6)7/h3-15,23-24H,16H2,1-2H3,(H,25,26);(H,6,7)/t23-,24+;. The van der Waals surface area contributed by atoms with Gasteiger partial charge in [-0.3, -0.25) is 4.99 Å². The Hall–Kier alpha value is -4.01. The zero-order valence-electron chi connectivity index (χ0n) is 19.1. The second kappa shape index (κ2) is 11.4. The van der Waals surface area contributed by atoms with Crippen molar-refractivity contribution in [3.63, 3.8) is 0 Å². The normalized spacial score (nSPS) is 16.9. The summed E-state index contributed by atoms with van der Waals surface area (Å²) < 4.78 is 42.7. The van der Waals surface area contributed by atoms with Crippen molar-refractivity contribution >= 4 is 11.8 Å². The van der Waals surface area contributed by atoms with E-state index in [4.69, 9.17) is 24.4 Å². The highest BCUT2D eigenvalue weighted by Gasteiger charge is 2.38. The van der Waals surface area contributed by atoms with E-state index in [9.17, 15) is 13.2 Å². The Morgan fingerprint density at radius 2 is 1.51 bits per heavy atom. The van der Waals surface area contributed by atoms with Crippen LogP contribution in [0.1, 0.15) is 28.8 Å². The van der Waals surface area contributed by atoms with Gasteiger partial charge in [-0.15, -0.1) is 0 Å². The minimum atomic E-state index is -5.08. The van der Waals surface area contributed by atoms with E-state index < -0.39 is 12.1 Å². The predicted molar refractivity (Wildman–Crippen MR) is 126 cm³/mol. The van der Waals surface area contributed by atoms with Gasteiger partial charge in [-0.25, -0.2) is 4.79 Å². The van der Waals surface area contributed by atoms with Crippen molar-refractivity contribution in [3.8, 4) is 11.5 Å². The number of aliphatic carboxylic acids is 1. The van der Waals surface area contributed by atoms with Crippen LogP contribution in [0, 0.1) is 0 Å². The molecule has 0 aromatic heterocycles. The molecule has 1 heterocycles. The average molecular weight is 486 g/mol. The molecule has 1 aliphatic rings. The topological polar surface area (TPSA) is 80.2 Å². The number of carboxylic acid groups (broad SMARTS) is 1. The van der Waals surface area contributed by atoms with Crippen LogP contribution < -0.4 is 14.8 Å². The van der Waals surface area contributed by atoms with Gasteiger partial charge in [0.1, 0.15) is 23.4 Å². The first kappa shape index (κ1) is 25.6. The Morgan fingerprint density at radius 3 is 2.03 bits per heavy atom. The van der Waals surface area contributed by atoms with E-state index in [2.05, 4.69) is 53.8 Å². The number of hydrogen-bond donors (Lipinski definition) is 2. The Morgan fingerprint density at radius 1 is 0.943 bits per heavy atom. The maximum atomic E-state index is 10.6. The molecule has 9 heteroatoms. The number of carbonyl (C=O) groups is 1. The molecule has 0 aliphatic carbocycles. The number of amidine groups is 1. The SMILES string of the molecule is COc1ccc(OC)c(CC2=N[C@H](c3ccccc3)[C@H](c3ccccc3)N2)c1.O=C(O)C(F)(F)F. The summed E-state index contributed by atoms with van der Waals surface area (Å²) in [5.41, 5.74) is 3.48. The lowest BCUT2D eigenvalue weighted by atomic mass is 9.95. The number of rotatable bonds is 6. The molecule has 0 saturated carbocycles. The summed E-state index contributed by atoms with van der Waals surface area (Å²) in [6.45, 7) is 0. The molecule has 6 nitrogen and oxygen atoms in total. The third-order valence-corrected chi connectivity index (χ3v) is 5.32. The fourth-order valence-electron chi connectivity index (χ4n) is 3.68. The van der Waals surface area contributed by atoms with Crippen LogP contribution in [0.2, 0.25) is 0 Å². The van der Waals surface area contributed by atoms with Gasteiger partial charge in [0.15, 0.2) is 0 Å². The van der Waals surface area contributed by atoms with Crippen molar-refractivity contribution in [2.45, 2.75) is 24.7 Å². The van der Waals surface area contributed by atoms with Crippen molar-refractivity contribution in [2.75, 3.05) is 14.2 Å². The highest BCUT2D eigenvalue weighted by molar-refractivity contribution is 5.87. The predicted octanol–water partition coefficient (Wildman–Crippen LogP) is 5.36. The third kappa shape index (κ3) is 6.75. The monoisotopic (exact) mass is 486 g/mol. The van der Waals surface area contributed by atoms with Crippen molar-refractivity contribution in [1.29, 1.82) is 0 Å². The molecule has 4 rings (SSSR count). The Bertz CT molecular complexity index is 1150. The molecule has 35 heavy (non-hydrogen) atoms. The molecule has 0 saturated heterocycles. The van der Waals surface area contributed by atoms with Gasteiger partial charge in [-0.2, -0.15) is 13.2 Å². The minimum absolute atomic E-state index is 0.0372. The molecule has 184 valence electrons. The first-order chi connectivity index (χ1) is 16.7. The van der Waals surface area contributed by atoms with Crippen LogP contribution in [0.25, 0.3) is 0 Å². The lowest BCUT2D eigenvalue weighted by Crippen LogP contribution is -2.25. The summed E-state index contributed by atoms with van der Waals surface area (Å²) >= 11 is 0. The largest absolute Gasteiger partial charge is 0.497 e. The van der Waals surface area contributed by atoms with Crippen LogP contribution in [-0.4, -0.2) is 37.3 Å². The summed E-state index contributed by atoms with van der Waals surface area (Å²) in [7, 11) is 3.36. The molecular weight excluding hydrogens is 461 g/mol. The van der Waals surface area contributed by atoms with E-state index in [0.29, 0.717) is 6.42 Å². The molecule has 2 N–H and O–H groups in total. The number of methoxy groups -OCH3 is 2. The molecule has 0 unspecified atom stereocenters. The van der Waals surface area contributed by atoms with E-state index >= 15 is 0 Å². The zero-order chi connectivity index (χ0) is 25.4. The number of nitrogens with one attached hydrogen (secondary N) is 1. The second-order valence-electron chi connectivity index (χ2n) is 7.62. The quantitative estimate of drug-likeness (QED) is 0.490. The van der Waals surface area contributed by atoms with E-state index in [1.165, 1.54) is 11.1 Å². The third-order valence-electron chi connectivity index (χ3n) is 5.32. The Balaban J connectivity index is 0.000000429. The van der Waals surface area contributed by atoms with Crippen LogP contribution in [0.3, 0.4) is 0 Å². The maximum absolute atomic E-state index is 10.6. The second-order valence-corrected chi connectivity index (χ2v) is 7.62. The van der Waals surface area contributed by atoms with Gasteiger partial charge < -0.3 is 19.9 Å². The molecule has 0 radical (unpaired) electrons. The molecular formula is C26H25F3N2O4. The van der Waals surface area contributed by atoms with Crippen LogP contribution in [0.4, 0.5) is 13.2 Å². The number of carboxylic acids is 1. The van der Waals surface area contributed by atoms with Crippen molar-refractivity contribution in [3.05, 3.63) is 95.6 Å². The van der Waals surface area contributed by atoms with E-state index in [0.717, 1.165) is 22.9 Å². The van der Waals surface area contributed by atoms with E-state index in [-0.39, 0.29) is 12.1 Å². The summed E-state index contributed by atoms with van der Waals surface area (Å²) in [5, 5.41) is 10.8. The molecule has 1 aliphatic heterocycles. The Kier molecular flexibility index (Phi) is 8.35. The first-order valence-corrected chi connectivity index (χ1v) is 10.7. The fourth-order valence-corrected chi connectivity index (χ4v) is 3.68. The highest BCUT2D eigenvalue weighted by atomic mass is 19.4. The van der Waals surface area contributed by atoms with Gasteiger partial charge >= 0.3 is 12.1 Å². The van der Waals surface area contributed by atoms with E-state index in [1.807, 2.05) is 30.3 Å². The van der Waals surface area contributed by atoms with Gasteiger partial charge in [-0.1, -0.05) is 60.7 Å². The average Bonchev–Trinajstić information content (AvgIpc) is 3.28. The number of hydrogen-bond acceptors (Lipinski definition) is 5. The summed E-state index contributed by atoms with van der Waals surface area (Å²) in [6.07, 6.45) is -4.42. The van der Waals surface area contributed by atoms with Crippen LogP contribution in [0.15, 0.2) is 83.9 Å². The number of alkyl halides is 3. The first-order valence-electron chi connectivity index (χ1n) is 10.7. The smallest absolute Gasteiger partial charge is 0.490 e. The van der Waals surface area contributed by atoms with Gasteiger partial charge in [0.2, 0.25) is 0 Å². The molecule has 3 aromatic rings. The van der Waals surface area contributed by atoms with Gasteiger partial charge in [0.05, 0.1) is 20.3 Å². The van der Waals surface area contributed by atoms with Crippen LogP contribution >= 0.6 is 0 Å². The molecule has 0 amide bonds. The van der Waals surface area contributed by atoms with Gasteiger partial charge in [0.25, 0.3) is 0 Å². The van der Waals surface area contributed by atoms with Crippen molar-refractivity contribution in [1.82, 2.24) is 5.32 Å². The molecule has 2 atom stereocenters. The van der Waals surface area contributed by atoms with Crippen molar-refractivity contribution in [2.24, 2.45) is 4.99 Å². The van der Waals surface area contributed by atoms with Crippen molar-refractivity contribution < 1.29 is 32.5 Å². The van der Waals surface area contributed by atoms with Crippen LogP contribution in [0.5, 0.6) is 11.5 Å².